The van der Waals surface area contributed by atoms with Crippen LogP contribution in [0.2, 0.25) is 0 Å². The minimum absolute atomic E-state index is 0.0127. The molecule has 2 amide bonds. The first-order valence-corrected chi connectivity index (χ1v) is 15.1. The van der Waals surface area contributed by atoms with Crippen molar-refractivity contribution in [2.75, 3.05) is 13.1 Å². The first kappa shape index (κ1) is 34.1. The number of ether oxygens (including phenoxy) is 2. The van der Waals surface area contributed by atoms with Crippen LogP contribution in [0.5, 0.6) is 0 Å². The molecule has 1 fully saturated rings. The number of benzene rings is 1. The molecule has 4 N–H and O–H groups in total. The number of hydrogen-bond donors (Lipinski definition) is 4. The summed E-state index contributed by atoms with van der Waals surface area (Å²) in [4.78, 5) is 49.3. The number of rotatable bonds is 12. The van der Waals surface area contributed by atoms with E-state index in [4.69, 9.17) is 9.47 Å². The maximum Gasteiger partial charge on any atom is 0.410 e. The molecule has 2 rings (SSSR count). The van der Waals surface area contributed by atoms with Crippen LogP contribution in [0.25, 0.3) is 0 Å². The maximum atomic E-state index is 13.6. The SMILES string of the molecule is CC(OC(=O)NC(C)C(O)(P=O)C1(C(=O)NC(C)C(=O)O)CCN(S(=O)(=O)c2ccccc2)CC1)OC(=O)C(C)C. The molecular formula is C25H36N3O11PS. The van der Waals surface area contributed by atoms with Crippen molar-refractivity contribution < 1.29 is 51.8 Å². The van der Waals surface area contributed by atoms with E-state index in [0.717, 1.165) is 4.31 Å². The lowest BCUT2D eigenvalue weighted by Gasteiger charge is -2.49. The topological polar surface area (TPSA) is 206 Å². The summed E-state index contributed by atoms with van der Waals surface area (Å²) in [5.74, 6) is -3.49. The molecule has 1 aromatic carbocycles. The van der Waals surface area contributed by atoms with Gasteiger partial charge < -0.3 is 30.3 Å². The Hall–Kier alpha value is -3.13. The molecule has 41 heavy (non-hydrogen) atoms. The summed E-state index contributed by atoms with van der Waals surface area (Å²) in [5.41, 5.74) is -2.01. The fourth-order valence-corrected chi connectivity index (χ4v) is 6.56. The van der Waals surface area contributed by atoms with Gasteiger partial charge in [-0.15, -0.1) is 0 Å². The predicted molar refractivity (Wildman–Crippen MR) is 144 cm³/mol. The number of alkyl carbamates (subject to hydrolysis) is 1. The number of carbonyl (C=O) groups excluding carboxylic acids is 3. The normalized spacial score (nSPS) is 19.3. The number of carbonyl (C=O) groups is 4. The van der Waals surface area contributed by atoms with Gasteiger partial charge in [0.25, 0.3) is 0 Å². The number of piperidine rings is 1. The molecule has 1 aliphatic rings. The first-order valence-electron chi connectivity index (χ1n) is 12.8. The average Bonchev–Trinajstić information content (AvgIpc) is 2.92. The number of nitrogens with zero attached hydrogens (tertiary/aromatic N) is 1. The molecule has 0 spiro atoms. The molecule has 1 aromatic rings. The summed E-state index contributed by atoms with van der Waals surface area (Å²) in [7, 11) is -4.99. The number of nitrogens with one attached hydrogen (secondary N) is 2. The third kappa shape index (κ3) is 7.59. The Balaban J connectivity index is 2.36. The third-order valence-corrected chi connectivity index (χ3v) is 9.92. The predicted octanol–water partition coefficient (Wildman–Crippen LogP) is 1.69. The monoisotopic (exact) mass is 617 g/mol. The summed E-state index contributed by atoms with van der Waals surface area (Å²) >= 11 is 0. The smallest absolute Gasteiger partial charge is 0.410 e. The van der Waals surface area contributed by atoms with Crippen molar-refractivity contribution in [3.05, 3.63) is 30.3 Å². The fourth-order valence-electron chi connectivity index (χ4n) is 4.38. The highest BCUT2D eigenvalue weighted by molar-refractivity contribution is 7.89. The summed E-state index contributed by atoms with van der Waals surface area (Å²) in [5, 5.41) is 23.1. The van der Waals surface area contributed by atoms with E-state index in [9.17, 15) is 42.4 Å². The lowest BCUT2D eigenvalue weighted by molar-refractivity contribution is -0.169. The van der Waals surface area contributed by atoms with E-state index in [0.29, 0.717) is 0 Å². The minimum Gasteiger partial charge on any atom is -0.480 e. The molecule has 1 aliphatic heterocycles. The Morgan fingerprint density at radius 1 is 1.00 bits per heavy atom. The molecule has 0 saturated carbocycles. The second-order valence-electron chi connectivity index (χ2n) is 10.1. The zero-order valence-electron chi connectivity index (χ0n) is 23.4. The van der Waals surface area contributed by atoms with E-state index in [1.165, 1.54) is 32.9 Å². The van der Waals surface area contributed by atoms with E-state index in [1.54, 1.807) is 32.0 Å². The lowest BCUT2D eigenvalue weighted by atomic mass is 9.70. The van der Waals surface area contributed by atoms with Gasteiger partial charge in [0, 0.05) is 20.0 Å². The number of aliphatic hydroxyl groups is 1. The Morgan fingerprint density at radius 2 is 1.56 bits per heavy atom. The van der Waals surface area contributed by atoms with Gasteiger partial charge in [0.05, 0.1) is 22.3 Å². The number of carboxylic acid groups (broad SMARTS) is 1. The van der Waals surface area contributed by atoms with Crippen LogP contribution in [0.4, 0.5) is 4.79 Å². The lowest BCUT2D eigenvalue weighted by Crippen LogP contribution is -2.66. The number of esters is 1. The molecule has 4 unspecified atom stereocenters. The van der Waals surface area contributed by atoms with Crippen molar-refractivity contribution in [1.82, 2.24) is 14.9 Å². The zero-order chi connectivity index (χ0) is 31.2. The minimum atomic E-state index is -3.98. The van der Waals surface area contributed by atoms with Gasteiger partial charge in [-0.25, -0.2) is 13.2 Å². The second-order valence-corrected chi connectivity index (χ2v) is 12.9. The number of hydrogen-bond acceptors (Lipinski definition) is 10. The van der Waals surface area contributed by atoms with Crippen LogP contribution < -0.4 is 10.6 Å². The van der Waals surface area contributed by atoms with E-state index in [-0.39, 0.29) is 30.8 Å². The molecule has 4 atom stereocenters. The van der Waals surface area contributed by atoms with E-state index >= 15 is 0 Å². The van der Waals surface area contributed by atoms with Gasteiger partial charge in [0.2, 0.25) is 22.2 Å². The standard InChI is InChI=1S/C25H36N3O11PS/c1-15(2)21(31)38-18(5)39-23(33)27-17(4)25(34,40-35)24(22(32)26-16(3)20(29)30)11-13-28(14-12-24)41(36,37)19-9-7-6-8-10-19/h6-10,15-18,34H,11-14H2,1-5H3,(H,26,32)(H,27,33)(H,29,30). The first-order chi connectivity index (χ1) is 19.0. The highest BCUT2D eigenvalue weighted by atomic mass is 32.2. The molecule has 1 heterocycles. The molecule has 0 aliphatic carbocycles. The fraction of sp³-hybridized carbons (Fsp3) is 0.600. The molecular weight excluding hydrogens is 581 g/mol. The van der Waals surface area contributed by atoms with Crippen LogP contribution in [-0.4, -0.2) is 83.7 Å². The van der Waals surface area contributed by atoms with Crippen molar-refractivity contribution >= 4 is 42.4 Å². The zero-order valence-corrected chi connectivity index (χ0v) is 25.1. The molecule has 14 nitrogen and oxygen atoms in total. The molecule has 0 radical (unpaired) electrons. The second kappa shape index (κ2) is 13.7. The van der Waals surface area contributed by atoms with Gasteiger partial charge in [0.15, 0.2) is 13.8 Å². The Labute approximate surface area is 240 Å². The Bertz CT molecular complexity index is 1240. The van der Waals surface area contributed by atoms with E-state index in [2.05, 4.69) is 10.6 Å². The number of sulfonamides is 1. The van der Waals surface area contributed by atoms with Crippen molar-refractivity contribution in [1.29, 1.82) is 0 Å². The summed E-state index contributed by atoms with van der Waals surface area (Å²) in [6.45, 7) is 6.31. The van der Waals surface area contributed by atoms with Gasteiger partial charge in [-0.2, -0.15) is 4.31 Å². The third-order valence-electron chi connectivity index (χ3n) is 6.92. The average molecular weight is 618 g/mol. The van der Waals surface area contributed by atoms with Gasteiger partial charge in [-0.3, -0.25) is 18.9 Å². The molecule has 0 bridgehead atoms. The van der Waals surface area contributed by atoms with E-state index in [1.807, 2.05) is 0 Å². The molecule has 1 saturated heterocycles. The van der Waals surface area contributed by atoms with Gasteiger partial charge in [-0.05, 0) is 38.8 Å². The van der Waals surface area contributed by atoms with Crippen LogP contribution in [0.15, 0.2) is 35.2 Å². The molecule has 228 valence electrons. The van der Waals surface area contributed by atoms with Crippen molar-refractivity contribution in [2.45, 2.75) is 76.1 Å². The Morgan fingerprint density at radius 3 is 2.05 bits per heavy atom. The molecule has 0 aromatic heterocycles. The maximum absolute atomic E-state index is 13.6. The van der Waals surface area contributed by atoms with Gasteiger partial charge in [0.1, 0.15) is 6.04 Å². The van der Waals surface area contributed by atoms with Crippen LogP contribution in [0.3, 0.4) is 0 Å². The van der Waals surface area contributed by atoms with Crippen LogP contribution in [-0.2, 0) is 38.4 Å². The van der Waals surface area contributed by atoms with Crippen LogP contribution in [0.1, 0.15) is 47.5 Å². The quantitative estimate of drug-likeness (QED) is 0.151. The van der Waals surface area contributed by atoms with E-state index < -0.39 is 77.5 Å². The molecule has 16 heteroatoms. The number of amides is 2. The van der Waals surface area contributed by atoms with Gasteiger partial charge in [-0.1, -0.05) is 32.0 Å². The summed E-state index contributed by atoms with van der Waals surface area (Å²) in [6, 6.07) is 4.70. The van der Waals surface area contributed by atoms with Crippen molar-refractivity contribution in [3.8, 4) is 0 Å². The highest BCUT2D eigenvalue weighted by Gasteiger charge is 2.61. The Kier molecular flexibility index (Phi) is 11.4. The van der Waals surface area contributed by atoms with Gasteiger partial charge >= 0.3 is 18.0 Å². The number of carboxylic acids is 1. The van der Waals surface area contributed by atoms with Crippen LogP contribution in [0, 0.1) is 11.3 Å². The largest absolute Gasteiger partial charge is 0.480 e. The van der Waals surface area contributed by atoms with Crippen molar-refractivity contribution in [3.63, 3.8) is 0 Å². The summed E-state index contributed by atoms with van der Waals surface area (Å²) < 4.78 is 50.0. The van der Waals surface area contributed by atoms with Crippen LogP contribution >= 0.6 is 8.46 Å². The summed E-state index contributed by atoms with van der Waals surface area (Å²) in [6.07, 6.45) is -3.21. The van der Waals surface area contributed by atoms with Crippen molar-refractivity contribution in [2.24, 2.45) is 11.3 Å². The highest BCUT2D eigenvalue weighted by Crippen LogP contribution is 2.50. The number of aliphatic carboxylic acids is 1.